The summed E-state index contributed by atoms with van der Waals surface area (Å²) >= 11 is 1.21. The summed E-state index contributed by atoms with van der Waals surface area (Å²) in [5.74, 6) is 0.465. The molecule has 0 saturated carbocycles. The molecule has 0 fully saturated rings. The number of anilines is 1. The van der Waals surface area contributed by atoms with Gasteiger partial charge in [-0.05, 0) is 36.4 Å². The van der Waals surface area contributed by atoms with Crippen LogP contribution in [0.3, 0.4) is 0 Å². The molecule has 0 aliphatic carbocycles. The van der Waals surface area contributed by atoms with E-state index in [-0.39, 0.29) is 5.91 Å². The monoisotopic (exact) mass is 359 g/mol. The van der Waals surface area contributed by atoms with Gasteiger partial charge in [0.25, 0.3) is 5.91 Å². The van der Waals surface area contributed by atoms with E-state index in [2.05, 4.69) is 15.5 Å². The maximum Gasteiger partial charge on any atom is 0.257 e. The lowest BCUT2D eigenvalue weighted by Gasteiger charge is -2.07. The first-order chi connectivity index (χ1) is 12.1. The van der Waals surface area contributed by atoms with E-state index < -0.39 is 5.82 Å². The second-order valence-electron chi connectivity index (χ2n) is 4.94. The Labute approximate surface area is 147 Å². The molecule has 1 N–H and O–H groups in total. The zero-order chi connectivity index (χ0) is 17.8. The van der Waals surface area contributed by atoms with Crippen molar-refractivity contribution in [3.05, 3.63) is 53.8 Å². The molecule has 0 atom stereocenters. The van der Waals surface area contributed by atoms with Crippen LogP contribution < -0.4 is 14.8 Å². The van der Waals surface area contributed by atoms with Gasteiger partial charge >= 0.3 is 0 Å². The molecule has 3 rings (SSSR count). The maximum absolute atomic E-state index is 12.9. The molecular weight excluding hydrogens is 345 g/mol. The normalized spacial score (nSPS) is 10.4. The lowest BCUT2D eigenvalue weighted by molar-refractivity contribution is 0.102. The highest BCUT2D eigenvalue weighted by Gasteiger charge is 2.15. The van der Waals surface area contributed by atoms with Crippen molar-refractivity contribution >= 4 is 22.4 Å². The van der Waals surface area contributed by atoms with Gasteiger partial charge in [-0.2, -0.15) is 0 Å². The van der Waals surface area contributed by atoms with E-state index in [4.69, 9.17) is 9.47 Å². The van der Waals surface area contributed by atoms with Crippen LogP contribution in [-0.2, 0) is 0 Å². The lowest BCUT2D eigenvalue weighted by Crippen LogP contribution is -2.11. The van der Waals surface area contributed by atoms with Crippen molar-refractivity contribution in [2.24, 2.45) is 0 Å². The zero-order valence-corrected chi connectivity index (χ0v) is 14.3. The summed E-state index contributed by atoms with van der Waals surface area (Å²) in [6.07, 6.45) is 0. The molecule has 0 saturated heterocycles. The summed E-state index contributed by atoms with van der Waals surface area (Å²) in [7, 11) is 3.12. The molecule has 0 aliphatic heterocycles. The Balaban J connectivity index is 1.81. The number of aromatic nitrogens is 2. The molecule has 0 bridgehead atoms. The van der Waals surface area contributed by atoms with Crippen LogP contribution in [0.5, 0.6) is 11.5 Å². The minimum Gasteiger partial charge on any atom is -0.497 e. The topological polar surface area (TPSA) is 73.3 Å². The third kappa shape index (κ3) is 3.74. The van der Waals surface area contributed by atoms with Crippen LogP contribution in [0.2, 0.25) is 0 Å². The second-order valence-corrected chi connectivity index (χ2v) is 5.92. The molecule has 25 heavy (non-hydrogen) atoms. The van der Waals surface area contributed by atoms with Crippen LogP contribution in [0.4, 0.5) is 9.52 Å². The van der Waals surface area contributed by atoms with E-state index in [0.717, 1.165) is 5.56 Å². The number of rotatable bonds is 5. The van der Waals surface area contributed by atoms with Gasteiger partial charge in [0.15, 0.2) is 5.01 Å². The summed E-state index contributed by atoms with van der Waals surface area (Å²) in [4.78, 5) is 12.1. The second kappa shape index (κ2) is 7.27. The maximum atomic E-state index is 12.9. The fraction of sp³-hybridized carbons (Fsp3) is 0.118. The van der Waals surface area contributed by atoms with Crippen molar-refractivity contribution in [2.45, 2.75) is 0 Å². The van der Waals surface area contributed by atoms with Crippen molar-refractivity contribution < 1.29 is 18.7 Å². The van der Waals surface area contributed by atoms with Crippen molar-refractivity contribution in [3.63, 3.8) is 0 Å². The van der Waals surface area contributed by atoms with Gasteiger partial charge in [0.1, 0.15) is 17.3 Å². The smallest absolute Gasteiger partial charge is 0.257 e. The molecule has 1 aromatic heterocycles. The number of carbonyl (C=O) groups is 1. The fourth-order valence-corrected chi connectivity index (χ4v) is 2.90. The SMILES string of the molecule is COc1ccc(-c2nnc(NC(=O)c3ccc(F)cc3)s2)c(OC)c1. The van der Waals surface area contributed by atoms with Crippen LogP contribution in [0.1, 0.15) is 10.4 Å². The van der Waals surface area contributed by atoms with Crippen LogP contribution >= 0.6 is 11.3 Å². The summed E-state index contributed by atoms with van der Waals surface area (Å²) < 4.78 is 23.4. The number of methoxy groups -OCH3 is 2. The van der Waals surface area contributed by atoms with E-state index in [1.807, 2.05) is 6.07 Å². The third-order valence-corrected chi connectivity index (χ3v) is 4.26. The Hall–Kier alpha value is -3.00. The fourth-order valence-electron chi connectivity index (χ4n) is 2.13. The molecule has 2 aromatic carbocycles. The van der Waals surface area contributed by atoms with Crippen LogP contribution in [0, 0.1) is 5.82 Å². The molecule has 3 aromatic rings. The van der Waals surface area contributed by atoms with E-state index >= 15 is 0 Å². The van der Waals surface area contributed by atoms with Gasteiger partial charge in [0, 0.05) is 11.6 Å². The number of hydrogen-bond donors (Lipinski definition) is 1. The number of amides is 1. The Bertz CT molecular complexity index is 896. The number of carbonyl (C=O) groups excluding carboxylic acids is 1. The average molecular weight is 359 g/mol. The van der Waals surface area contributed by atoms with Gasteiger partial charge in [-0.3, -0.25) is 10.1 Å². The van der Waals surface area contributed by atoms with Gasteiger partial charge in [-0.1, -0.05) is 11.3 Å². The van der Waals surface area contributed by atoms with Crippen LogP contribution in [-0.4, -0.2) is 30.3 Å². The number of ether oxygens (including phenoxy) is 2. The minimum atomic E-state index is -0.402. The minimum absolute atomic E-state index is 0.333. The van der Waals surface area contributed by atoms with Crippen molar-refractivity contribution in [3.8, 4) is 22.1 Å². The molecule has 0 spiro atoms. The number of halogens is 1. The summed E-state index contributed by atoms with van der Waals surface area (Å²) in [6, 6.07) is 10.6. The van der Waals surface area contributed by atoms with Gasteiger partial charge in [-0.15, -0.1) is 10.2 Å². The molecule has 8 heteroatoms. The van der Waals surface area contributed by atoms with E-state index in [1.54, 1.807) is 26.4 Å². The molecular formula is C17H14FN3O3S. The quantitative estimate of drug-likeness (QED) is 0.753. The van der Waals surface area contributed by atoms with E-state index in [1.165, 1.54) is 35.6 Å². The third-order valence-electron chi connectivity index (χ3n) is 3.39. The summed E-state index contributed by atoms with van der Waals surface area (Å²) in [6.45, 7) is 0. The van der Waals surface area contributed by atoms with Crippen LogP contribution in [0.25, 0.3) is 10.6 Å². The average Bonchev–Trinajstić information content (AvgIpc) is 3.09. The molecule has 0 unspecified atom stereocenters. The van der Waals surface area contributed by atoms with Gasteiger partial charge < -0.3 is 9.47 Å². The van der Waals surface area contributed by atoms with Gasteiger partial charge in [0.2, 0.25) is 5.13 Å². The molecule has 1 heterocycles. The first kappa shape index (κ1) is 16.8. The van der Waals surface area contributed by atoms with Crippen molar-refractivity contribution in [1.29, 1.82) is 0 Å². The first-order valence-electron chi connectivity index (χ1n) is 7.23. The van der Waals surface area contributed by atoms with Gasteiger partial charge in [-0.25, -0.2) is 4.39 Å². The molecule has 128 valence electrons. The highest BCUT2D eigenvalue weighted by molar-refractivity contribution is 7.18. The predicted octanol–water partition coefficient (Wildman–Crippen LogP) is 3.61. The Morgan fingerprint density at radius 2 is 1.84 bits per heavy atom. The molecule has 6 nitrogen and oxygen atoms in total. The molecule has 1 amide bonds. The highest BCUT2D eigenvalue weighted by Crippen LogP contribution is 2.36. The number of benzene rings is 2. The molecule has 0 radical (unpaired) electrons. The van der Waals surface area contributed by atoms with E-state index in [9.17, 15) is 9.18 Å². The van der Waals surface area contributed by atoms with Crippen LogP contribution in [0.15, 0.2) is 42.5 Å². The first-order valence-corrected chi connectivity index (χ1v) is 8.05. The van der Waals surface area contributed by atoms with Gasteiger partial charge in [0.05, 0.1) is 19.8 Å². The molecule has 0 aliphatic rings. The largest absolute Gasteiger partial charge is 0.497 e. The zero-order valence-electron chi connectivity index (χ0n) is 13.4. The van der Waals surface area contributed by atoms with Crippen molar-refractivity contribution in [1.82, 2.24) is 10.2 Å². The Kier molecular flexibility index (Phi) is 4.90. The van der Waals surface area contributed by atoms with E-state index in [0.29, 0.717) is 27.2 Å². The number of nitrogens with zero attached hydrogens (tertiary/aromatic N) is 2. The Morgan fingerprint density at radius 1 is 1.08 bits per heavy atom. The van der Waals surface area contributed by atoms with Crippen molar-refractivity contribution in [2.75, 3.05) is 19.5 Å². The predicted molar refractivity (Wildman–Crippen MR) is 92.8 cm³/mol. The number of hydrogen-bond acceptors (Lipinski definition) is 6. The highest BCUT2D eigenvalue weighted by atomic mass is 32.1. The Morgan fingerprint density at radius 3 is 2.52 bits per heavy atom. The standard InChI is InChI=1S/C17H14FN3O3S/c1-23-12-7-8-13(14(9-12)24-2)16-20-21-17(25-16)19-15(22)10-3-5-11(18)6-4-10/h3-9H,1-2H3,(H,19,21,22). The number of nitrogens with one attached hydrogen (secondary N) is 1. The summed E-state index contributed by atoms with van der Waals surface area (Å²) in [5.41, 5.74) is 1.07. The summed E-state index contributed by atoms with van der Waals surface area (Å²) in [5, 5.41) is 11.6. The lowest BCUT2D eigenvalue weighted by atomic mass is 10.2.